The molecule has 0 fully saturated rings. The highest BCUT2D eigenvalue weighted by Crippen LogP contribution is 2.31. The second-order valence-electron chi connectivity index (χ2n) is 5.29. The van der Waals surface area contributed by atoms with E-state index in [1.807, 2.05) is 6.92 Å². The van der Waals surface area contributed by atoms with Gasteiger partial charge in [-0.25, -0.2) is 0 Å². The summed E-state index contributed by atoms with van der Waals surface area (Å²) in [6.07, 6.45) is 1.27. The largest absolute Gasteiger partial charge is 0.493 e. The molecular weight excluding hydrogens is 356 g/mol. The van der Waals surface area contributed by atoms with Crippen LogP contribution >= 0.6 is 0 Å². The van der Waals surface area contributed by atoms with Crippen LogP contribution < -0.4 is 14.7 Å². The smallest absolute Gasteiger partial charge is 0.339 e. The number of carbonyl (C=O) groups is 1. The molecule has 134 valence electrons. The molecule has 0 saturated heterocycles. The van der Waals surface area contributed by atoms with Crippen molar-refractivity contribution in [3.05, 3.63) is 59.2 Å². The van der Waals surface area contributed by atoms with Crippen LogP contribution in [0.1, 0.15) is 11.1 Å². The molecule has 2 aromatic rings. The van der Waals surface area contributed by atoms with Crippen molar-refractivity contribution in [1.82, 2.24) is 0 Å². The summed E-state index contributed by atoms with van der Waals surface area (Å²) < 4.78 is 35.1. The number of hydrogen-bond donors (Lipinski definition) is 1. The van der Waals surface area contributed by atoms with Gasteiger partial charge in [0.05, 0.1) is 7.11 Å². The minimum absolute atomic E-state index is 0.00891. The molecular formula is C18H16N2O5S. The van der Waals surface area contributed by atoms with E-state index in [4.69, 9.17) is 19.9 Å². The van der Waals surface area contributed by atoms with Crippen LogP contribution in [0.3, 0.4) is 0 Å². The predicted octanol–water partition coefficient (Wildman–Crippen LogP) is 2.16. The number of nitrogens with zero attached hydrogens (tertiary/aromatic N) is 1. The minimum atomic E-state index is -4.04. The van der Waals surface area contributed by atoms with Crippen LogP contribution in [0.25, 0.3) is 6.08 Å². The number of aryl methyl sites for hydroxylation is 1. The first-order chi connectivity index (χ1) is 12.3. The second kappa shape index (κ2) is 7.72. The molecule has 0 aromatic heterocycles. The van der Waals surface area contributed by atoms with E-state index in [1.165, 1.54) is 43.5 Å². The molecule has 0 aliphatic rings. The van der Waals surface area contributed by atoms with Gasteiger partial charge >= 0.3 is 10.1 Å². The molecule has 0 aliphatic carbocycles. The number of nitrogens with two attached hydrogens (primary N) is 1. The Kier molecular flexibility index (Phi) is 5.64. The van der Waals surface area contributed by atoms with Crippen molar-refractivity contribution in [1.29, 1.82) is 5.26 Å². The van der Waals surface area contributed by atoms with Crippen LogP contribution in [0.4, 0.5) is 0 Å². The summed E-state index contributed by atoms with van der Waals surface area (Å²) in [5.74, 6) is -0.771. The summed E-state index contributed by atoms with van der Waals surface area (Å²) in [5, 5.41) is 8.88. The lowest BCUT2D eigenvalue weighted by Crippen LogP contribution is -2.12. The van der Waals surface area contributed by atoms with Crippen LogP contribution in [0, 0.1) is 18.3 Å². The Balaban J connectivity index is 2.38. The average Bonchev–Trinajstić information content (AvgIpc) is 2.60. The third-order valence-electron chi connectivity index (χ3n) is 3.39. The molecule has 0 heterocycles. The van der Waals surface area contributed by atoms with E-state index in [0.29, 0.717) is 5.56 Å². The molecule has 7 nitrogen and oxygen atoms in total. The van der Waals surface area contributed by atoms with Crippen molar-refractivity contribution in [3.63, 3.8) is 0 Å². The molecule has 0 saturated carbocycles. The quantitative estimate of drug-likeness (QED) is 0.471. The second-order valence-corrected chi connectivity index (χ2v) is 6.84. The predicted molar refractivity (Wildman–Crippen MR) is 94.8 cm³/mol. The van der Waals surface area contributed by atoms with Gasteiger partial charge in [-0.05, 0) is 42.8 Å². The number of amides is 1. The van der Waals surface area contributed by atoms with Crippen molar-refractivity contribution in [3.8, 4) is 17.6 Å². The standard InChI is InChI=1S/C18H16N2O5S/c1-12-3-6-15(7-4-12)26(22,23)25-16-8-5-13(10-17(16)24-2)9-14(11-19)18(20)21/h3-10H,1-2H3,(H2,20,21). The van der Waals surface area contributed by atoms with E-state index >= 15 is 0 Å². The van der Waals surface area contributed by atoms with Crippen molar-refractivity contribution >= 4 is 22.1 Å². The van der Waals surface area contributed by atoms with Gasteiger partial charge in [-0.3, -0.25) is 4.79 Å². The summed E-state index contributed by atoms with van der Waals surface area (Å²) in [6, 6.07) is 12.2. The van der Waals surface area contributed by atoms with Crippen LogP contribution in [0.15, 0.2) is 52.9 Å². The summed E-state index contributed by atoms with van der Waals surface area (Å²) in [6.45, 7) is 1.84. The molecule has 2 N–H and O–H groups in total. The molecule has 0 aliphatic heterocycles. The lowest BCUT2D eigenvalue weighted by atomic mass is 10.1. The molecule has 0 unspecified atom stereocenters. The number of ether oxygens (including phenoxy) is 1. The minimum Gasteiger partial charge on any atom is -0.493 e. The van der Waals surface area contributed by atoms with E-state index in [1.54, 1.807) is 18.2 Å². The normalized spacial score (nSPS) is 11.5. The summed E-state index contributed by atoms with van der Waals surface area (Å²) in [7, 11) is -2.70. The first-order valence-corrected chi connectivity index (χ1v) is 8.78. The Labute approximate surface area is 151 Å². The Hall–Kier alpha value is -3.31. The van der Waals surface area contributed by atoms with E-state index in [0.717, 1.165) is 5.56 Å². The fraction of sp³-hybridized carbons (Fsp3) is 0.111. The van der Waals surface area contributed by atoms with Crippen molar-refractivity contribution in [2.75, 3.05) is 7.11 Å². The molecule has 1 amide bonds. The monoisotopic (exact) mass is 372 g/mol. The number of hydrogen-bond acceptors (Lipinski definition) is 6. The molecule has 26 heavy (non-hydrogen) atoms. The topological polar surface area (TPSA) is 119 Å². The zero-order valence-electron chi connectivity index (χ0n) is 14.1. The van der Waals surface area contributed by atoms with Gasteiger partial charge in [0.15, 0.2) is 11.5 Å². The van der Waals surface area contributed by atoms with Crippen molar-refractivity contribution < 1.29 is 22.1 Å². The Bertz CT molecular complexity index is 1000. The lowest BCUT2D eigenvalue weighted by molar-refractivity contribution is -0.114. The fourth-order valence-electron chi connectivity index (χ4n) is 2.04. The van der Waals surface area contributed by atoms with Crippen molar-refractivity contribution in [2.45, 2.75) is 11.8 Å². The van der Waals surface area contributed by atoms with Crippen molar-refractivity contribution in [2.24, 2.45) is 5.73 Å². The number of methoxy groups -OCH3 is 1. The highest BCUT2D eigenvalue weighted by atomic mass is 32.2. The van der Waals surface area contributed by atoms with Gasteiger partial charge in [0, 0.05) is 0 Å². The number of nitriles is 1. The molecule has 2 aromatic carbocycles. The third-order valence-corrected chi connectivity index (χ3v) is 4.64. The van der Waals surface area contributed by atoms with Gasteiger partial charge in [0.1, 0.15) is 16.5 Å². The maximum absolute atomic E-state index is 12.4. The van der Waals surface area contributed by atoms with E-state index in [2.05, 4.69) is 0 Å². The maximum Gasteiger partial charge on any atom is 0.339 e. The van der Waals surface area contributed by atoms with E-state index < -0.39 is 16.0 Å². The van der Waals surface area contributed by atoms with Gasteiger partial charge in [-0.2, -0.15) is 13.7 Å². The van der Waals surface area contributed by atoms with Gasteiger partial charge in [0.2, 0.25) is 0 Å². The van der Waals surface area contributed by atoms with Gasteiger partial charge in [-0.1, -0.05) is 23.8 Å². The number of carbonyl (C=O) groups excluding carboxylic acids is 1. The Morgan fingerprint density at radius 3 is 2.35 bits per heavy atom. The first kappa shape index (κ1) is 19.0. The maximum atomic E-state index is 12.4. The first-order valence-electron chi connectivity index (χ1n) is 7.37. The molecule has 8 heteroatoms. The molecule has 2 rings (SSSR count). The van der Waals surface area contributed by atoms with Gasteiger partial charge in [-0.15, -0.1) is 0 Å². The Morgan fingerprint density at radius 1 is 1.15 bits per heavy atom. The van der Waals surface area contributed by atoms with Crippen LogP contribution in [0.5, 0.6) is 11.5 Å². The van der Waals surface area contributed by atoms with Gasteiger partial charge in [0.25, 0.3) is 5.91 Å². The van der Waals surface area contributed by atoms with Crippen LogP contribution in [0.2, 0.25) is 0 Å². The third kappa shape index (κ3) is 4.40. The molecule has 0 bridgehead atoms. The average molecular weight is 372 g/mol. The highest BCUT2D eigenvalue weighted by molar-refractivity contribution is 7.87. The molecule has 0 radical (unpaired) electrons. The summed E-state index contributed by atoms with van der Waals surface area (Å²) in [4.78, 5) is 11.1. The molecule has 0 atom stereocenters. The zero-order chi connectivity index (χ0) is 19.3. The van der Waals surface area contributed by atoms with Crippen LogP contribution in [-0.2, 0) is 14.9 Å². The van der Waals surface area contributed by atoms with Crippen LogP contribution in [-0.4, -0.2) is 21.4 Å². The molecule has 0 spiro atoms. The summed E-state index contributed by atoms with van der Waals surface area (Å²) in [5.41, 5.74) is 6.19. The SMILES string of the molecule is COc1cc(C=C(C#N)C(N)=O)ccc1OS(=O)(=O)c1ccc(C)cc1. The van der Waals surface area contributed by atoms with E-state index in [-0.39, 0.29) is 22.0 Å². The lowest BCUT2D eigenvalue weighted by Gasteiger charge is -2.11. The zero-order valence-corrected chi connectivity index (χ0v) is 14.9. The number of rotatable bonds is 6. The number of primary amides is 1. The highest BCUT2D eigenvalue weighted by Gasteiger charge is 2.19. The van der Waals surface area contributed by atoms with E-state index in [9.17, 15) is 13.2 Å². The fourth-order valence-corrected chi connectivity index (χ4v) is 2.98. The van der Waals surface area contributed by atoms with Gasteiger partial charge < -0.3 is 14.7 Å². The number of benzene rings is 2. The Morgan fingerprint density at radius 2 is 1.81 bits per heavy atom. The summed E-state index contributed by atoms with van der Waals surface area (Å²) >= 11 is 0.